The van der Waals surface area contributed by atoms with Crippen LogP contribution in [-0.4, -0.2) is 28.1 Å². The number of carbonyl (C=O) groups excluding carboxylic acids is 1. The molecule has 0 aliphatic heterocycles. The van der Waals surface area contributed by atoms with E-state index in [1.54, 1.807) is 42.5 Å². The van der Waals surface area contributed by atoms with Crippen LogP contribution in [0.5, 0.6) is 5.75 Å². The van der Waals surface area contributed by atoms with Gasteiger partial charge in [0.05, 0.1) is 18.4 Å². The third-order valence-corrected chi connectivity index (χ3v) is 4.49. The van der Waals surface area contributed by atoms with Crippen molar-refractivity contribution in [2.45, 2.75) is 5.75 Å². The first-order valence-electron chi connectivity index (χ1n) is 7.45. The van der Waals surface area contributed by atoms with E-state index in [0.29, 0.717) is 29.2 Å². The number of sulfonamides is 1. The Morgan fingerprint density at radius 2 is 1.76 bits per heavy atom. The summed E-state index contributed by atoms with van der Waals surface area (Å²) in [6.07, 6.45) is 1.63. The molecule has 0 fully saturated rings. The lowest BCUT2D eigenvalue weighted by Crippen LogP contribution is -2.15. The Labute approximate surface area is 147 Å². The number of methoxy groups -OCH3 is 1. The number of ether oxygens (including phenoxy) is 2. The van der Waals surface area contributed by atoms with Crippen molar-refractivity contribution in [2.24, 2.45) is 0 Å². The number of hydrogen-bond acceptors (Lipinski definition) is 5. The average Bonchev–Trinajstić information content (AvgIpc) is 2.60. The van der Waals surface area contributed by atoms with Gasteiger partial charge < -0.3 is 9.47 Å². The number of rotatable bonds is 8. The van der Waals surface area contributed by atoms with Crippen LogP contribution in [0, 0.1) is 0 Å². The van der Waals surface area contributed by atoms with Crippen LogP contribution in [0.1, 0.15) is 15.9 Å². The molecule has 0 saturated heterocycles. The Balaban J connectivity index is 2.01. The normalized spacial score (nSPS) is 10.8. The van der Waals surface area contributed by atoms with Gasteiger partial charge in [-0.1, -0.05) is 24.8 Å². The summed E-state index contributed by atoms with van der Waals surface area (Å²) in [4.78, 5) is 11.4. The highest BCUT2D eigenvalue weighted by atomic mass is 32.2. The van der Waals surface area contributed by atoms with Crippen LogP contribution in [0.4, 0.5) is 5.69 Å². The number of benzene rings is 2. The highest BCUT2D eigenvalue weighted by Gasteiger charge is 2.13. The molecular weight excluding hydrogens is 342 g/mol. The zero-order valence-electron chi connectivity index (χ0n) is 13.8. The highest BCUT2D eigenvalue weighted by molar-refractivity contribution is 7.91. The van der Waals surface area contributed by atoms with Crippen LogP contribution in [0.2, 0.25) is 0 Å². The maximum atomic E-state index is 12.3. The standard InChI is InChI=1S/C18H19NO5S/c1-3-12-24-17-10-8-16(9-11-17)19-25(21,22)13-14-4-6-15(7-5-14)18(20)23-2/h3-11,19H,1,12-13H2,2H3. The van der Waals surface area contributed by atoms with Crippen molar-refractivity contribution in [3.05, 3.63) is 72.3 Å². The van der Waals surface area contributed by atoms with Crippen LogP contribution < -0.4 is 9.46 Å². The van der Waals surface area contributed by atoms with Gasteiger partial charge in [0.15, 0.2) is 0 Å². The molecule has 0 spiro atoms. The van der Waals surface area contributed by atoms with E-state index in [2.05, 4.69) is 16.0 Å². The smallest absolute Gasteiger partial charge is 0.337 e. The summed E-state index contributed by atoms with van der Waals surface area (Å²) in [5, 5.41) is 0. The lowest BCUT2D eigenvalue weighted by molar-refractivity contribution is 0.0600. The fourth-order valence-corrected chi connectivity index (χ4v) is 3.26. The van der Waals surface area contributed by atoms with E-state index in [9.17, 15) is 13.2 Å². The zero-order valence-corrected chi connectivity index (χ0v) is 14.6. The maximum absolute atomic E-state index is 12.3. The maximum Gasteiger partial charge on any atom is 0.337 e. The fraction of sp³-hybridized carbons (Fsp3) is 0.167. The lowest BCUT2D eigenvalue weighted by atomic mass is 10.1. The van der Waals surface area contributed by atoms with Crippen LogP contribution in [0.3, 0.4) is 0 Å². The van der Waals surface area contributed by atoms with Crippen LogP contribution in [0.15, 0.2) is 61.2 Å². The summed E-state index contributed by atoms with van der Waals surface area (Å²) in [7, 11) is -2.29. The predicted molar refractivity (Wildman–Crippen MR) is 96.2 cm³/mol. The summed E-state index contributed by atoms with van der Waals surface area (Å²) in [6.45, 7) is 3.94. The van der Waals surface area contributed by atoms with E-state index >= 15 is 0 Å². The van der Waals surface area contributed by atoms with Gasteiger partial charge in [-0.05, 0) is 42.0 Å². The minimum Gasteiger partial charge on any atom is -0.490 e. The van der Waals surface area contributed by atoms with E-state index in [-0.39, 0.29) is 5.75 Å². The Bertz CT molecular complexity index is 827. The molecular formula is C18H19NO5S. The molecule has 0 saturated carbocycles. The third kappa shape index (κ3) is 5.65. The first-order chi connectivity index (χ1) is 11.9. The number of anilines is 1. The lowest BCUT2D eigenvalue weighted by Gasteiger charge is -2.09. The summed E-state index contributed by atoms with van der Waals surface area (Å²) in [6, 6.07) is 12.8. The third-order valence-electron chi connectivity index (χ3n) is 3.23. The SMILES string of the molecule is C=CCOc1ccc(NS(=O)(=O)Cc2ccc(C(=O)OC)cc2)cc1. The first kappa shape index (κ1) is 18.5. The Morgan fingerprint density at radius 3 is 2.32 bits per heavy atom. The molecule has 0 aliphatic rings. The van der Waals surface area contributed by atoms with E-state index in [0.717, 1.165) is 0 Å². The summed E-state index contributed by atoms with van der Waals surface area (Å²) in [5.74, 6) is -0.0454. The van der Waals surface area contributed by atoms with Gasteiger partial charge in [-0.15, -0.1) is 0 Å². The topological polar surface area (TPSA) is 81.7 Å². The molecule has 2 aromatic carbocycles. The molecule has 0 aromatic heterocycles. The Morgan fingerprint density at radius 1 is 1.12 bits per heavy atom. The second kappa shape index (κ2) is 8.34. The molecule has 0 amide bonds. The second-order valence-corrected chi connectivity index (χ2v) is 6.90. The van der Waals surface area contributed by atoms with Crippen molar-refractivity contribution in [3.8, 4) is 5.75 Å². The number of nitrogens with one attached hydrogen (secondary N) is 1. The van der Waals surface area contributed by atoms with Crippen LogP contribution >= 0.6 is 0 Å². The molecule has 0 atom stereocenters. The first-order valence-corrected chi connectivity index (χ1v) is 9.10. The van der Waals surface area contributed by atoms with Gasteiger partial charge in [-0.3, -0.25) is 4.72 Å². The molecule has 1 N–H and O–H groups in total. The molecule has 25 heavy (non-hydrogen) atoms. The van der Waals surface area contributed by atoms with E-state index < -0.39 is 16.0 Å². The molecule has 0 heterocycles. The zero-order chi connectivity index (χ0) is 18.3. The number of carbonyl (C=O) groups is 1. The van der Waals surface area contributed by atoms with Gasteiger partial charge in [-0.2, -0.15) is 0 Å². The van der Waals surface area contributed by atoms with Gasteiger partial charge in [0, 0.05) is 5.69 Å². The molecule has 132 valence electrons. The predicted octanol–water partition coefficient (Wildman–Crippen LogP) is 2.98. The summed E-state index contributed by atoms with van der Waals surface area (Å²) in [5.41, 5.74) is 1.37. The van der Waals surface area contributed by atoms with E-state index in [4.69, 9.17) is 4.74 Å². The number of hydrogen-bond donors (Lipinski definition) is 1. The van der Waals surface area contributed by atoms with Crippen molar-refractivity contribution >= 4 is 21.7 Å². The monoisotopic (exact) mass is 361 g/mol. The van der Waals surface area contributed by atoms with E-state index in [1.165, 1.54) is 19.2 Å². The quantitative estimate of drug-likeness (QED) is 0.577. The molecule has 0 radical (unpaired) electrons. The van der Waals surface area contributed by atoms with Crippen LogP contribution in [-0.2, 0) is 20.5 Å². The fourth-order valence-electron chi connectivity index (χ4n) is 2.06. The molecule has 2 rings (SSSR count). The van der Waals surface area contributed by atoms with Crippen molar-refractivity contribution in [2.75, 3.05) is 18.4 Å². The van der Waals surface area contributed by atoms with Gasteiger partial charge in [0.2, 0.25) is 10.0 Å². The van der Waals surface area contributed by atoms with E-state index in [1.807, 2.05) is 0 Å². The molecule has 0 bridgehead atoms. The van der Waals surface area contributed by atoms with Crippen LogP contribution in [0.25, 0.3) is 0 Å². The van der Waals surface area contributed by atoms with Crippen molar-refractivity contribution in [1.29, 1.82) is 0 Å². The summed E-state index contributed by atoms with van der Waals surface area (Å²) < 4.78 is 37.0. The van der Waals surface area contributed by atoms with Gasteiger partial charge in [0.1, 0.15) is 12.4 Å². The Kier molecular flexibility index (Phi) is 6.19. The minimum absolute atomic E-state index is 0.205. The molecule has 0 unspecified atom stereocenters. The van der Waals surface area contributed by atoms with Gasteiger partial charge in [0.25, 0.3) is 0 Å². The molecule has 0 aliphatic carbocycles. The summed E-state index contributed by atoms with van der Waals surface area (Å²) >= 11 is 0. The minimum atomic E-state index is -3.58. The number of esters is 1. The van der Waals surface area contributed by atoms with Crippen molar-refractivity contribution in [1.82, 2.24) is 0 Å². The Hall–Kier alpha value is -2.80. The van der Waals surface area contributed by atoms with Crippen molar-refractivity contribution < 1.29 is 22.7 Å². The van der Waals surface area contributed by atoms with Gasteiger partial charge >= 0.3 is 5.97 Å². The van der Waals surface area contributed by atoms with Gasteiger partial charge in [-0.25, -0.2) is 13.2 Å². The largest absolute Gasteiger partial charge is 0.490 e. The van der Waals surface area contributed by atoms with Crippen molar-refractivity contribution in [3.63, 3.8) is 0 Å². The molecule has 6 nitrogen and oxygen atoms in total. The molecule has 7 heteroatoms. The molecule has 2 aromatic rings. The average molecular weight is 361 g/mol. The highest BCUT2D eigenvalue weighted by Crippen LogP contribution is 2.18. The second-order valence-electron chi connectivity index (χ2n) is 5.17.